The molecule has 0 aliphatic heterocycles. The first-order valence-corrected chi connectivity index (χ1v) is 8.49. The molecule has 0 unspecified atom stereocenters. The minimum atomic E-state index is -0.527. The van der Waals surface area contributed by atoms with Crippen molar-refractivity contribution in [2.75, 3.05) is 11.9 Å². The third kappa shape index (κ3) is 6.06. The van der Waals surface area contributed by atoms with Crippen molar-refractivity contribution in [1.29, 1.82) is 5.26 Å². The zero-order chi connectivity index (χ0) is 18.9. The summed E-state index contributed by atoms with van der Waals surface area (Å²) in [4.78, 5) is 23.9. The van der Waals surface area contributed by atoms with E-state index in [4.69, 9.17) is 10.00 Å². The number of benzene rings is 2. The second-order valence-electron chi connectivity index (χ2n) is 6.45. The molecule has 0 atom stereocenters. The predicted molar refractivity (Wildman–Crippen MR) is 99.7 cm³/mol. The van der Waals surface area contributed by atoms with Crippen molar-refractivity contribution >= 4 is 17.6 Å². The molecule has 1 N–H and O–H groups in total. The highest BCUT2D eigenvalue weighted by molar-refractivity contribution is 5.95. The van der Waals surface area contributed by atoms with E-state index >= 15 is 0 Å². The number of esters is 1. The van der Waals surface area contributed by atoms with Crippen molar-refractivity contribution in [3.63, 3.8) is 0 Å². The maximum Gasteiger partial charge on any atom is 0.338 e. The average Bonchev–Trinajstić information content (AvgIpc) is 2.62. The highest BCUT2D eigenvalue weighted by Crippen LogP contribution is 2.12. The van der Waals surface area contributed by atoms with Gasteiger partial charge in [0.25, 0.3) is 5.91 Å². The SMILES string of the molecule is CC(C)Cc1ccc(C(=O)OCC(=O)Nc2ccc(CC#N)cc2)cc1. The van der Waals surface area contributed by atoms with E-state index in [9.17, 15) is 9.59 Å². The van der Waals surface area contributed by atoms with Crippen LogP contribution in [0.25, 0.3) is 0 Å². The van der Waals surface area contributed by atoms with E-state index in [1.807, 2.05) is 12.1 Å². The number of amides is 1. The fraction of sp³-hybridized carbons (Fsp3) is 0.286. The minimum absolute atomic E-state index is 0.321. The van der Waals surface area contributed by atoms with Crippen LogP contribution in [0.15, 0.2) is 48.5 Å². The van der Waals surface area contributed by atoms with Gasteiger partial charge in [0.15, 0.2) is 6.61 Å². The number of rotatable bonds is 7. The molecule has 5 heteroatoms. The number of carbonyl (C=O) groups excluding carboxylic acids is 2. The van der Waals surface area contributed by atoms with Crippen LogP contribution in [-0.2, 0) is 22.4 Å². The predicted octanol–water partition coefficient (Wildman–Crippen LogP) is 3.75. The minimum Gasteiger partial charge on any atom is -0.452 e. The van der Waals surface area contributed by atoms with Gasteiger partial charge in [0.05, 0.1) is 18.1 Å². The van der Waals surface area contributed by atoms with Gasteiger partial charge in [-0.3, -0.25) is 4.79 Å². The van der Waals surface area contributed by atoms with E-state index in [2.05, 4.69) is 25.2 Å². The van der Waals surface area contributed by atoms with Gasteiger partial charge < -0.3 is 10.1 Å². The zero-order valence-electron chi connectivity index (χ0n) is 15.0. The summed E-state index contributed by atoms with van der Waals surface area (Å²) in [6, 6.07) is 16.2. The van der Waals surface area contributed by atoms with Crippen LogP contribution < -0.4 is 5.32 Å². The summed E-state index contributed by atoms with van der Waals surface area (Å²) < 4.78 is 5.05. The molecule has 0 saturated carbocycles. The van der Waals surface area contributed by atoms with Crippen molar-refractivity contribution < 1.29 is 14.3 Å². The van der Waals surface area contributed by atoms with Crippen LogP contribution >= 0.6 is 0 Å². The second-order valence-corrected chi connectivity index (χ2v) is 6.45. The number of hydrogen-bond donors (Lipinski definition) is 1. The molecule has 0 fully saturated rings. The van der Waals surface area contributed by atoms with E-state index in [-0.39, 0.29) is 6.61 Å². The second kappa shape index (κ2) is 9.38. The van der Waals surface area contributed by atoms with Crippen molar-refractivity contribution in [2.45, 2.75) is 26.7 Å². The highest BCUT2D eigenvalue weighted by atomic mass is 16.5. The lowest BCUT2D eigenvalue weighted by molar-refractivity contribution is -0.119. The van der Waals surface area contributed by atoms with Crippen LogP contribution in [-0.4, -0.2) is 18.5 Å². The Balaban J connectivity index is 1.82. The smallest absolute Gasteiger partial charge is 0.338 e. The monoisotopic (exact) mass is 350 g/mol. The zero-order valence-corrected chi connectivity index (χ0v) is 15.0. The third-order valence-corrected chi connectivity index (χ3v) is 3.69. The molecule has 2 aromatic carbocycles. The van der Waals surface area contributed by atoms with E-state index < -0.39 is 11.9 Å². The molecule has 0 aromatic heterocycles. The first-order chi connectivity index (χ1) is 12.5. The van der Waals surface area contributed by atoms with E-state index in [1.165, 1.54) is 0 Å². The van der Waals surface area contributed by atoms with Gasteiger partial charge in [-0.25, -0.2) is 4.79 Å². The summed E-state index contributed by atoms with van der Waals surface area (Å²) in [5, 5.41) is 11.3. The Labute approximate surface area is 153 Å². The molecule has 1 amide bonds. The molecule has 26 heavy (non-hydrogen) atoms. The summed E-state index contributed by atoms with van der Waals surface area (Å²) in [5.74, 6) is -0.395. The quantitative estimate of drug-likeness (QED) is 0.771. The highest BCUT2D eigenvalue weighted by Gasteiger charge is 2.11. The number of hydrogen-bond acceptors (Lipinski definition) is 4. The van der Waals surface area contributed by atoms with Crippen LogP contribution in [0.4, 0.5) is 5.69 Å². The summed E-state index contributed by atoms with van der Waals surface area (Å²) in [6.45, 7) is 3.92. The Bertz CT molecular complexity index is 788. The molecule has 0 spiro atoms. The number of carbonyl (C=O) groups is 2. The van der Waals surface area contributed by atoms with Crippen molar-refractivity contribution in [3.8, 4) is 6.07 Å². The number of nitriles is 1. The van der Waals surface area contributed by atoms with Crippen LogP contribution in [0.3, 0.4) is 0 Å². The van der Waals surface area contributed by atoms with Crippen LogP contribution in [0.1, 0.15) is 35.3 Å². The van der Waals surface area contributed by atoms with E-state index in [1.54, 1.807) is 36.4 Å². The lowest BCUT2D eigenvalue weighted by atomic mass is 10.0. The maximum absolute atomic E-state index is 12.0. The van der Waals surface area contributed by atoms with Gasteiger partial charge in [-0.15, -0.1) is 0 Å². The Morgan fingerprint density at radius 3 is 2.23 bits per heavy atom. The molecular formula is C21H22N2O3. The van der Waals surface area contributed by atoms with Gasteiger partial charge in [-0.2, -0.15) is 5.26 Å². The number of anilines is 1. The Morgan fingerprint density at radius 2 is 1.65 bits per heavy atom. The first kappa shape index (κ1) is 19.2. The van der Waals surface area contributed by atoms with Gasteiger partial charge >= 0.3 is 5.97 Å². The molecule has 0 aliphatic rings. The van der Waals surface area contributed by atoms with Crippen molar-refractivity contribution in [3.05, 3.63) is 65.2 Å². The molecule has 0 radical (unpaired) electrons. The van der Waals surface area contributed by atoms with Gasteiger partial charge in [0.1, 0.15) is 0 Å². The maximum atomic E-state index is 12.0. The van der Waals surface area contributed by atoms with Gasteiger partial charge in [0.2, 0.25) is 0 Å². The molecule has 134 valence electrons. The Kier molecular flexibility index (Phi) is 6.92. The lowest BCUT2D eigenvalue weighted by Gasteiger charge is -2.08. The number of nitrogens with one attached hydrogen (secondary N) is 1. The number of nitrogens with zero attached hydrogens (tertiary/aromatic N) is 1. The summed E-state index contributed by atoms with van der Waals surface area (Å²) in [6.07, 6.45) is 1.27. The third-order valence-electron chi connectivity index (χ3n) is 3.69. The standard InChI is InChI=1S/C21H22N2O3/c1-15(2)13-17-3-7-18(8-4-17)21(25)26-14-20(24)23-19-9-5-16(6-10-19)11-12-22/h3-10,15H,11,13-14H2,1-2H3,(H,23,24). The van der Waals surface area contributed by atoms with Gasteiger partial charge in [-0.1, -0.05) is 38.1 Å². The van der Waals surface area contributed by atoms with E-state index in [0.29, 0.717) is 23.6 Å². The van der Waals surface area contributed by atoms with Crippen LogP contribution in [0.5, 0.6) is 0 Å². The molecule has 0 bridgehead atoms. The number of ether oxygens (including phenoxy) is 1. The molecule has 0 aliphatic carbocycles. The summed E-state index contributed by atoms with van der Waals surface area (Å²) >= 11 is 0. The topological polar surface area (TPSA) is 79.2 Å². The molecule has 2 aromatic rings. The first-order valence-electron chi connectivity index (χ1n) is 8.49. The lowest BCUT2D eigenvalue weighted by Crippen LogP contribution is -2.20. The molecule has 0 heterocycles. The van der Waals surface area contributed by atoms with Crippen LogP contribution in [0, 0.1) is 17.2 Å². The van der Waals surface area contributed by atoms with Gasteiger partial charge in [-0.05, 0) is 47.7 Å². The normalized spacial score (nSPS) is 10.2. The van der Waals surface area contributed by atoms with Crippen LogP contribution in [0.2, 0.25) is 0 Å². The largest absolute Gasteiger partial charge is 0.452 e. The summed E-state index contributed by atoms with van der Waals surface area (Å²) in [7, 11) is 0. The molecular weight excluding hydrogens is 328 g/mol. The average molecular weight is 350 g/mol. The molecule has 0 saturated heterocycles. The summed E-state index contributed by atoms with van der Waals surface area (Å²) in [5.41, 5.74) is 3.05. The fourth-order valence-corrected chi connectivity index (χ4v) is 2.46. The Morgan fingerprint density at radius 1 is 1.04 bits per heavy atom. The van der Waals surface area contributed by atoms with Crippen molar-refractivity contribution in [1.82, 2.24) is 0 Å². The fourth-order valence-electron chi connectivity index (χ4n) is 2.46. The van der Waals surface area contributed by atoms with Gasteiger partial charge in [0, 0.05) is 5.69 Å². The molecule has 5 nitrogen and oxygen atoms in total. The van der Waals surface area contributed by atoms with Crippen molar-refractivity contribution in [2.24, 2.45) is 5.92 Å². The Hall–Kier alpha value is -3.13. The van der Waals surface area contributed by atoms with E-state index in [0.717, 1.165) is 17.5 Å². The molecule has 2 rings (SSSR count).